The van der Waals surface area contributed by atoms with E-state index in [0.29, 0.717) is 12.2 Å². The quantitative estimate of drug-likeness (QED) is 0.869. The van der Waals surface area contributed by atoms with Gasteiger partial charge in [0, 0.05) is 44.6 Å². The van der Waals surface area contributed by atoms with Crippen molar-refractivity contribution >= 4 is 17.3 Å². The second-order valence-electron chi connectivity index (χ2n) is 5.12. The number of amides is 1. The van der Waals surface area contributed by atoms with E-state index in [1.807, 2.05) is 59.0 Å². The summed E-state index contributed by atoms with van der Waals surface area (Å²) in [5.74, 6) is 0.120. The summed E-state index contributed by atoms with van der Waals surface area (Å²) < 4.78 is 0. The molecule has 1 saturated heterocycles. The molecule has 0 unspecified atom stereocenters. The zero-order chi connectivity index (χ0) is 17.8. The number of hydrogen-bond donors (Lipinski definition) is 1. The molecule has 0 aliphatic carbocycles. The fourth-order valence-electron chi connectivity index (χ4n) is 2.15. The van der Waals surface area contributed by atoms with Gasteiger partial charge >= 0.3 is 0 Å². The molecule has 1 aromatic carbocycles. The number of piperazine rings is 1. The van der Waals surface area contributed by atoms with Crippen LogP contribution in [0.2, 0.25) is 0 Å². The van der Waals surface area contributed by atoms with Crippen LogP contribution in [0.4, 0.5) is 11.4 Å². The number of nitrogens with zero attached hydrogens (tertiary/aromatic N) is 3. The van der Waals surface area contributed by atoms with Crippen LogP contribution < -0.4 is 10.6 Å². The Morgan fingerprint density at radius 1 is 1.04 bits per heavy atom. The lowest BCUT2D eigenvalue weighted by atomic mass is 10.2. The second kappa shape index (κ2) is 11.9. The van der Waals surface area contributed by atoms with Gasteiger partial charge in [0.1, 0.15) is 0 Å². The molecule has 5 nitrogen and oxygen atoms in total. The number of nitrogens with two attached hydrogens (primary N) is 1. The predicted octanol–water partition coefficient (Wildman–Crippen LogP) is 2.53. The second-order valence-corrected chi connectivity index (χ2v) is 5.12. The van der Waals surface area contributed by atoms with Gasteiger partial charge in [-0.25, -0.2) is 0 Å². The number of rotatable bonds is 3. The van der Waals surface area contributed by atoms with Crippen molar-refractivity contribution in [1.82, 2.24) is 9.80 Å². The standard InChI is InChI=1S/C14H22N4O.2C2H6/c1-16-7-9-18(10-8-16)11-14(19)17(2)13-5-3-12(15)4-6-13;2*1-2/h3-6H,7-11,15H2,1-2H3;2*1-2H3. The maximum absolute atomic E-state index is 12.2. The van der Waals surface area contributed by atoms with Gasteiger partial charge in [-0.1, -0.05) is 27.7 Å². The zero-order valence-corrected chi connectivity index (χ0v) is 15.7. The van der Waals surface area contributed by atoms with Gasteiger partial charge in [0.05, 0.1) is 6.54 Å². The van der Waals surface area contributed by atoms with Crippen molar-refractivity contribution in [2.45, 2.75) is 27.7 Å². The molecule has 1 heterocycles. The van der Waals surface area contributed by atoms with Crippen molar-refractivity contribution in [2.75, 3.05) is 57.5 Å². The van der Waals surface area contributed by atoms with Gasteiger partial charge in [-0.3, -0.25) is 9.69 Å². The first kappa shape index (κ1) is 21.4. The average Bonchev–Trinajstić information content (AvgIpc) is 2.60. The Morgan fingerprint density at radius 2 is 1.52 bits per heavy atom. The third-order valence-electron chi connectivity index (χ3n) is 3.61. The van der Waals surface area contributed by atoms with Crippen LogP contribution in [0.25, 0.3) is 0 Å². The minimum Gasteiger partial charge on any atom is -0.399 e. The maximum Gasteiger partial charge on any atom is 0.240 e. The number of likely N-dealkylation sites (N-methyl/N-ethyl adjacent to an activating group) is 2. The lowest BCUT2D eigenvalue weighted by Gasteiger charge is -2.32. The molecule has 1 aromatic rings. The Kier molecular flexibility index (Phi) is 11.1. The number of carbonyl (C=O) groups excluding carboxylic acids is 1. The van der Waals surface area contributed by atoms with Gasteiger partial charge < -0.3 is 15.5 Å². The Labute approximate surface area is 142 Å². The summed E-state index contributed by atoms with van der Waals surface area (Å²) in [6, 6.07) is 7.37. The maximum atomic E-state index is 12.2. The van der Waals surface area contributed by atoms with E-state index in [9.17, 15) is 4.79 Å². The molecule has 0 spiro atoms. The lowest BCUT2D eigenvalue weighted by Crippen LogP contribution is -2.48. The summed E-state index contributed by atoms with van der Waals surface area (Å²) in [5.41, 5.74) is 7.24. The molecular formula is C18H34N4O. The van der Waals surface area contributed by atoms with E-state index in [2.05, 4.69) is 16.8 Å². The highest BCUT2D eigenvalue weighted by molar-refractivity contribution is 5.94. The minimum absolute atomic E-state index is 0.120. The first-order valence-corrected chi connectivity index (χ1v) is 8.59. The number of nitrogen functional groups attached to an aromatic ring is 1. The van der Waals surface area contributed by atoms with Gasteiger partial charge in [-0.15, -0.1) is 0 Å². The van der Waals surface area contributed by atoms with Crippen LogP contribution >= 0.6 is 0 Å². The summed E-state index contributed by atoms with van der Waals surface area (Å²) >= 11 is 0. The summed E-state index contributed by atoms with van der Waals surface area (Å²) in [6.45, 7) is 12.4. The molecule has 0 saturated carbocycles. The number of anilines is 2. The summed E-state index contributed by atoms with van der Waals surface area (Å²) in [5, 5.41) is 0. The Hall–Kier alpha value is -1.59. The van der Waals surface area contributed by atoms with Crippen molar-refractivity contribution in [2.24, 2.45) is 0 Å². The molecule has 0 aromatic heterocycles. The third kappa shape index (κ3) is 7.48. The molecule has 23 heavy (non-hydrogen) atoms. The van der Waals surface area contributed by atoms with Crippen LogP contribution in [0.1, 0.15) is 27.7 Å². The molecular weight excluding hydrogens is 288 g/mol. The van der Waals surface area contributed by atoms with Crippen molar-refractivity contribution in [3.63, 3.8) is 0 Å². The van der Waals surface area contributed by atoms with Crippen LogP contribution in [-0.2, 0) is 4.79 Å². The smallest absolute Gasteiger partial charge is 0.240 e. The highest BCUT2D eigenvalue weighted by atomic mass is 16.2. The topological polar surface area (TPSA) is 52.8 Å². The van der Waals surface area contributed by atoms with Crippen LogP contribution in [0, 0.1) is 0 Å². The molecule has 1 aliphatic rings. The van der Waals surface area contributed by atoms with Gasteiger partial charge in [0.25, 0.3) is 0 Å². The highest BCUT2D eigenvalue weighted by Gasteiger charge is 2.19. The molecule has 2 rings (SSSR count). The van der Waals surface area contributed by atoms with Crippen molar-refractivity contribution < 1.29 is 4.79 Å². The SMILES string of the molecule is CC.CC.CN1CCN(CC(=O)N(C)c2ccc(N)cc2)CC1. The van der Waals surface area contributed by atoms with Crippen LogP contribution in [0.15, 0.2) is 24.3 Å². The van der Waals surface area contributed by atoms with Gasteiger partial charge in [-0.05, 0) is 31.3 Å². The average molecular weight is 322 g/mol. The number of hydrogen-bond acceptors (Lipinski definition) is 4. The Bertz CT molecular complexity index is 425. The molecule has 1 fully saturated rings. The van der Waals surface area contributed by atoms with E-state index in [0.717, 1.165) is 31.9 Å². The van der Waals surface area contributed by atoms with Gasteiger partial charge in [-0.2, -0.15) is 0 Å². The van der Waals surface area contributed by atoms with Crippen LogP contribution in [-0.4, -0.2) is 62.5 Å². The largest absolute Gasteiger partial charge is 0.399 e. The Morgan fingerprint density at radius 3 is 2.00 bits per heavy atom. The molecule has 0 bridgehead atoms. The van der Waals surface area contributed by atoms with E-state index >= 15 is 0 Å². The van der Waals surface area contributed by atoms with Gasteiger partial charge in [0.15, 0.2) is 0 Å². The molecule has 5 heteroatoms. The molecule has 132 valence electrons. The fraction of sp³-hybridized carbons (Fsp3) is 0.611. The third-order valence-corrected chi connectivity index (χ3v) is 3.61. The molecule has 2 N–H and O–H groups in total. The molecule has 0 atom stereocenters. The van der Waals surface area contributed by atoms with E-state index in [4.69, 9.17) is 5.73 Å². The number of benzene rings is 1. The lowest BCUT2D eigenvalue weighted by molar-refractivity contribution is -0.119. The molecule has 1 aliphatic heterocycles. The predicted molar refractivity (Wildman–Crippen MR) is 101 cm³/mol. The van der Waals surface area contributed by atoms with Gasteiger partial charge in [0.2, 0.25) is 5.91 Å². The first-order chi connectivity index (χ1) is 11.1. The van der Waals surface area contributed by atoms with Crippen molar-refractivity contribution in [3.05, 3.63) is 24.3 Å². The zero-order valence-electron chi connectivity index (χ0n) is 15.7. The van der Waals surface area contributed by atoms with Crippen molar-refractivity contribution in [1.29, 1.82) is 0 Å². The minimum atomic E-state index is 0.120. The molecule has 1 amide bonds. The fourth-order valence-corrected chi connectivity index (χ4v) is 2.15. The molecule has 0 radical (unpaired) electrons. The van der Waals surface area contributed by atoms with E-state index in [1.165, 1.54) is 0 Å². The highest BCUT2D eigenvalue weighted by Crippen LogP contribution is 2.15. The van der Waals surface area contributed by atoms with Crippen LogP contribution in [0.3, 0.4) is 0 Å². The summed E-state index contributed by atoms with van der Waals surface area (Å²) in [4.78, 5) is 18.4. The summed E-state index contributed by atoms with van der Waals surface area (Å²) in [7, 11) is 3.92. The van der Waals surface area contributed by atoms with E-state index in [-0.39, 0.29) is 5.91 Å². The van der Waals surface area contributed by atoms with Crippen LogP contribution in [0.5, 0.6) is 0 Å². The Balaban J connectivity index is 0.00000112. The van der Waals surface area contributed by atoms with Crippen molar-refractivity contribution in [3.8, 4) is 0 Å². The normalized spacial score (nSPS) is 14.9. The number of carbonyl (C=O) groups is 1. The van der Waals surface area contributed by atoms with E-state index in [1.54, 1.807) is 4.90 Å². The summed E-state index contributed by atoms with van der Waals surface area (Å²) in [6.07, 6.45) is 0. The van der Waals surface area contributed by atoms with E-state index < -0.39 is 0 Å². The monoisotopic (exact) mass is 322 g/mol. The first-order valence-electron chi connectivity index (χ1n) is 8.59.